The predicted octanol–water partition coefficient (Wildman–Crippen LogP) is 2.40. The Morgan fingerprint density at radius 1 is 1.11 bits per heavy atom. The van der Waals surface area contributed by atoms with E-state index in [-0.39, 0.29) is 28.8 Å². The molecule has 0 amide bonds. The van der Waals surface area contributed by atoms with Crippen LogP contribution in [0.1, 0.15) is 12.5 Å². The van der Waals surface area contributed by atoms with E-state index in [1.165, 1.54) is 32.4 Å². The Morgan fingerprint density at radius 2 is 1.81 bits per heavy atom. The van der Waals surface area contributed by atoms with Crippen molar-refractivity contribution in [2.45, 2.75) is 13.5 Å². The largest absolute Gasteiger partial charge is 0.496 e. The summed E-state index contributed by atoms with van der Waals surface area (Å²) < 4.78 is 25.4. The average molecular weight is 369 g/mol. The molecule has 0 atom stereocenters. The number of hydrogen-bond donors (Lipinski definition) is 1. The number of rotatable bonds is 4. The van der Waals surface area contributed by atoms with Gasteiger partial charge in [0.1, 0.15) is 5.75 Å². The predicted molar refractivity (Wildman–Crippen MR) is 97.7 cm³/mol. The summed E-state index contributed by atoms with van der Waals surface area (Å²) in [5, 5.41) is 9.66. The highest BCUT2D eigenvalue weighted by Gasteiger charge is 2.18. The third kappa shape index (κ3) is 2.93. The van der Waals surface area contributed by atoms with Crippen LogP contribution in [0.25, 0.3) is 22.0 Å². The fraction of sp³-hybridized carbons (Fsp3) is 0.211. The number of benzene rings is 2. The highest BCUT2D eigenvalue weighted by molar-refractivity contribution is 5.89. The maximum absolute atomic E-state index is 14.0. The van der Waals surface area contributed by atoms with Crippen molar-refractivity contribution in [1.29, 1.82) is 5.26 Å². The van der Waals surface area contributed by atoms with Gasteiger partial charge in [-0.25, -0.2) is 9.18 Å². The van der Waals surface area contributed by atoms with Crippen LogP contribution in [0.4, 0.5) is 4.39 Å². The van der Waals surface area contributed by atoms with Crippen LogP contribution in [0.15, 0.2) is 33.9 Å². The number of aromatic nitrogens is 2. The number of ether oxygens (including phenoxy) is 2. The Kier molecular flexibility index (Phi) is 4.69. The Bertz CT molecular complexity index is 1200. The van der Waals surface area contributed by atoms with Crippen molar-refractivity contribution < 1.29 is 13.9 Å². The summed E-state index contributed by atoms with van der Waals surface area (Å²) in [6.07, 6.45) is 0. The zero-order chi connectivity index (χ0) is 19.7. The zero-order valence-corrected chi connectivity index (χ0v) is 14.9. The molecule has 0 aliphatic heterocycles. The Morgan fingerprint density at radius 3 is 2.41 bits per heavy atom. The molecule has 0 saturated heterocycles. The number of halogens is 1. The van der Waals surface area contributed by atoms with Crippen LogP contribution in [0.2, 0.25) is 0 Å². The van der Waals surface area contributed by atoms with Gasteiger partial charge in [0.05, 0.1) is 36.8 Å². The number of fused-ring (bicyclic) bond motifs is 1. The van der Waals surface area contributed by atoms with E-state index in [4.69, 9.17) is 9.47 Å². The Labute approximate surface area is 153 Å². The molecule has 8 heteroatoms. The summed E-state index contributed by atoms with van der Waals surface area (Å²) in [5.41, 5.74) is 0.147. The molecule has 27 heavy (non-hydrogen) atoms. The van der Waals surface area contributed by atoms with E-state index in [1.54, 1.807) is 6.92 Å². The topological polar surface area (TPSA) is 97.1 Å². The van der Waals surface area contributed by atoms with Gasteiger partial charge in [-0.1, -0.05) is 0 Å². The van der Waals surface area contributed by atoms with E-state index >= 15 is 0 Å². The first kappa shape index (κ1) is 18.2. The fourth-order valence-corrected chi connectivity index (χ4v) is 2.97. The molecule has 0 aliphatic carbocycles. The van der Waals surface area contributed by atoms with Gasteiger partial charge in [-0.15, -0.1) is 0 Å². The normalized spacial score (nSPS) is 10.6. The van der Waals surface area contributed by atoms with E-state index in [9.17, 15) is 19.2 Å². The number of nitrogens with zero attached hydrogens (tertiary/aromatic N) is 2. The summed E-state index contributed by atoms with van der Waals surface area (Å²) in [7, 11) is 2.73. The van der Waals surface area contributed by atoms with Gasteiger partial charge < -0.3 is 14.5 Å². The highest BCUT2D eigenvalue weighted by Crippen LogP contribution is 2.37. The van der Waals surface area contributed by atoms with Crippen molar-refractivity contribution >= 4 is 10.9 Å². The Hall–Kier alpha value is -3.60. The van der Waals surface area contributed by atoms with Gasteiger partial charge in [0.15, 0.2) is 11.6 Å². The van der Waals surface area contributed by atoms with E-state index in [0.717, 1.165) is 10.6 Å². The van der Waals surface area contributed by atoms with E-state index in [0.29, 0.717) is 16.9 Å². The monoisotopic (exact) mass is 369 g/mol. The molecule has 0 saturated carbocycles. The van der Waals surface area contributed by atoms with Crippen molar-refractivity contribution in [3.63, 3.8) is 0 Å². The van der Waals surface area contributed by atoms with Crippen LogP contribution in [-0.2, 0) is 6.54 Å². The molecule has 1 heterocycles. The minimum Gasteiger partial charge on any atom is -0.496 e. The van der Waals surface area contributed by atoms with Gasteiger partial charge in [0, 0.05) is 17.7 Å². The zero-order valence-electron chi connectivity index (χ0n) is 14.9. The molecule has 0 bridgehead atoms. The molecule has 0 unspecified atom stereocenters. The van der Waals surface area contributed by atoms with Crippen molar-refractivity contribution in [3.05, 3.63) is 56.5 Å². The van der Waals surface area contributed by atoms with Gasteiger partial charge in [0.25, 0.3) is 5.56 Å². The maximum Gasteiger partial charge on any atom is 0.328 e. The molecule has 0 fully saturated rings. The van der Waals surface area contributed by atoms with E-state index in [2.05, 4.69) is 4.98 Å². The summed E-state index contributed by atoms with van der Waals surface area (Å²) in [4.78, 5) is 27.3. The van der Waals surface area contributed by atoms with E-state index in [1.807, 2.05) is 6.07 Å². The van der Waals surface area contributed by atoms with Gasteiger partial charge >= 0.3 is 5.69 Å². The first-order valence-corrected chi connectivity index (χ1v) is 8.08. The van der Waals surface area contributed by atoms with Crippen molar-refractivity contribution in [2.24, 2.45) is 0 Å². The van der Waals surface area contributed by atoms with Crippen molar-refractivity contribution in [3.8, 4) is 28.7 Å². The number of H-pyrrole nitrogens is 1. The van der Waals surface area contributed by atoms with Crippen LogP contribution >= 0.6 is 0 Å². The van der Waals surface area contributed by atoms with Gasteiger partial charge in [-0.05, 0) is 31.2 Å². The molecule has 3 rings (SSSR count). The molecule has 138 valence electrons. The average Bonchev–Trinajstić information content (AvgIpc) is 2.67. The maximum atomic E-state index is 14.0. The molecule has 0 aliphatic rings. The standard InChI is InChI=1S/C19H16FN3O4/c1-4-23-18(24)13-8-16(26-2)12(6-15(13)22-19(23)25)11-7-17(27-3)14(20)5-10(11)9-21/h5-8H,4H2,1-3H3,(H,22,25). The van der Waals surface area contributed by atoms with Crippen molar-refractivity contribution in [2.75, 3.05) is 14.2 Å². The quantitative estimate of drug-likeness (QED) is 0.762. The third-order valence-corrected chi connectivity index (χ3v) is 4.32. The molecular formula is C19H16FN3O4. The lowest BCUT2D eigenvalue weighted by atomic mass is 9.97. The first-order valence-electron chi connectivity index (χ1n) is 8.08. The molecule has 1 N–H and O–H groups in total. The van der Waals surface area contributed by atoms with Crippen molar-refractivity contribution in [1.82, 2.24) is 9.55 Å². The minimum absolute atomic E-state index is 0.0407. The molecular weight excluding hydrogens is 353 g/mol. The van der Waals surface area contributed by atoms with Crippen LogP contribution in [0.3, 0.4) is 0 Å². The molecule has 0 spiro atoms. The lowest BCUT2D eigenvalue weighted by molar-refractivity contribution is 0.386. The highest BCUT2D eigenvalue weighted by atomic mass is 19.1. The number of nitrogens with one attached hydrogen (secondary N) is 1. The second-order valence-electron chi connectivity index (χ2n) is 5.72. The number of methoxy groups -OCH3 is 2. The van der Waals surface area contributed by atoms with Gasteiger partial charge in [-0.2, -0.15) is 5.26 Å². The molecule has 7 nitrogen and oxygen atoms in total. The summed E-state index contributed by atoms with van der Waals surface area (Å²) >= 11 is 0. The van der Waals surface area contributed by atoms with Crippen LogP contribution in [-0.4, -0.2) is 23.8 Å². The van der Waals surface area contributed by atoms with E-state index < -0.39 is 17.1 Å². The molecule has 0 radical (unpaired) electrons. The second kappa shape index (κ2) is 6.96. The number of aromatic amines is 1. The molecule has 1 aromatic heterocycles. The summed E-state index contributed by atoms with van der Waals surface area (Å²) in [6, 6.07) is 7.41. The molecule has 2 aromatic carbocycles. The van der Waals surface area contributed by atoms with Crippen LogP contribution in [0.5, 0.6) is 11.5 Å². The lowest BCUT2D eigenvalue weighted by Gasteiger charge is -2.14. The smallest absolute Gasteiger partial charge is 0.328 e. The molecule has 3 aromatic rings. The summed E-state index contributed by atoms with van der Waals surface area (Å²) in [6.45, 7) is 1.92. The van der Waals surface area contributed by atoms with Gasteiger partial charge in [0.2, 0.25) is 0 Å². The minimum atomic E-state index is -0.670. The second-order valence-corrected chi connectivity index (χ2v) is 5.72. The number of hydrogen-bond acceptors (Lipinski definition) is 5. The Balaban J connectivity index is 2.41. The summed E-state index contributed by atoms with van der Waals surface area (Å²) in [5.74, 6) is -0.405. The first-order chi connectivity index (χ1) is 12.9. The lowest BCUT2D eigenvalue weighted by Crippen LogP contribution is -2.34. The number of nitriles is 1. The van der Waals surface area contributed by atoms with Crippen LogP contribution < -0.4 is 20.7 Å². The third-order valence-electron chi connectivity index (χ3n) is 4.32. The van der Waals surface area contributed by atoms with Crippen LogP contribution in [0, 0.1) is 17.1 Å². The SMILES string of the molecule is CCn1c(=O)[nH]c2cc(-c3cc(OC)c(F)cc3C#N)c(OC)cc2c1=O. The van der Waals surface area contributed by atoms with Gasteiger partial charge in [-0.3, -0.25) is 9.36 Å². The fourth-order valence-electron chi connectivity index (χ4n) is 2.97.